The second-order valence-corrected chi connectivity index (χ2v) is 3.29. The summed E-state index contributed by atoms with van der Waals surface area (Å²) in [7, 11) is 0. The van der Waals surface area contributed by atoms with Crippen molar-refractivity contribution in [2.75, 3.05) is 11.9 Å². The standard InChI is InChI=1S/C9H10BrN3O/c1-2-3-4-5-11-8-7(10)9(14)13-6-12-8/h6H,4-5H2,1H3,(H2,11,12,13,14). The SMILES string of the molecule is CC#CCCNc1nc[nH]c(=O)c1Br. The first-order valence-electron chi connectivity index (χ1n) is 4.12. The van der Waals surface area contributed by atoms with Crippen molar-refractivity contribution in [3.8, 4) is 11.8 Å². The molecule has 0 saturated heterocycles. The summed E-state index contributed by atoms with van der Waals surface area (Å²) in [5, 5.41) is 3.01. The fourth-order valence-electron chi connectivity index (χ4n) is 0.875. The monoisotopic (exact) mass is 255 g/mol. The average molecular weight is 256 g/mol. The molecule has 0 aliphatic rings. The lowest BCUT2D eigenvalue weighted by Gasteiger charge is -2.03. The molecule has 0 aliphatic carbocycles. The number of aromatic nitrogens is 2. The molecule has 2 N–H and O–H groups in total. The van der Waals surface area contributed by atoms with Crippen LogP contribution in [0.2, 0.25) is 0 Å². The van der Waals surface area contributed by atoms with Crippen LogP contribution in [-0.2, 0) is 0 Å². The Morgan fingerprint density at radius 2 is 2.50 bits per heavy atom. The van der Waals surface area contributed by atoms with Crippen molar-refractivity contribution < 1.29 is 0 Å². The van der Waals surface area contributed by atoms with E-state index in [-0.39, 0.29) is 5.56 Å². The molecular weight excluding hydrogens is 246 g/mol. The van der Waals surface area contributed by atoms with E-state index in [2.05, 4.69) is 43.1 Å². The van der Waals surface area contributed by atoms with E-state index < -0.39 is 0 Å². The zero-order valence-electron chi connectivity index (χ0n) is 7.72. The molecule has 0 atom stereocenters. The summed E-state index contributed by atoms with van der Waals surface area (Å²) in [6, 6.07) is 0. The molecule has 1 rings (SSSR count). The number of nitrogens with one attached hydrogen (secondary N) is 2. The Labute approximate surface area is 90.3 Å². The highest BCUT2D eigenvalue weighted by atomic mass is 79.9. The van der Waals surface area contributed by atoms with E-state index in [1.165, 1.54) is 6.33 Å². The van der Waals surface area contributed by atoms with Crippen molar-refractivity contribution in [1.29, 1.82) is 0 Å². The number of H-pyrrole nitrogens is 1. The first-order chi connectivity index (χ1) is 6.75. The van der Waals surface area contributed by atoms with E-state index in [0.29, 0.717) is 16.8 Å². The smallest absolute Gasteiger partial charge is 0.267 e. The van der Waals surface area contributed by atoms with Crippen LogP contribution in [0.25, 0.3) is 0 Å². The van der Waals surface area contributed by atoms with Crippen LogP contribution >= 0.6 is 15.9 Å². The number of hydrogen-bond donors (Lipinski definition) is 2. The lowest BCUT2D eigenvalue weighted by atomic mass is 10.4. The topological polar surface area (TPSA) is 57.8 Å². The maximum Gasteiger partial charge on any atom is 0.267 e. The van der Waals surface area contributed by atoms with E-state index in [1.54, 1.807) is 6.92 Å². The third kappa shape index (κ3) is 2.89. The number of anilines is 1. The van der Waals surface area contributed by atoms with Gasteiger partial charge in [0.15, 0.2) is 0 Å². The van der Waals surface area contributed by atoms with Crippen LogP contribution in [0.1, 0.15) is 13.3 Å². The molecule has 0 amide bonds. The fourth-order valence-corrected chi connectivity index (χ4v) is 1.23. The van der Waals surface area contributed by atoms with Crippen LogP contribution in [0.4, 0.5) is 5.82 Å². The Morgan fingerprint density at radius 3 is 3.21 bits per heavy atom. The van der Waals surface area contributed by atoms with Crippen LogP contribution in [0, 0.1) is 11.8 Å². The summed E-state index contributed by atoms with van der Waals surface area (Å²) < 4.78 is 0.421. The highest BCUT2D eigenvalue weighted by molar-refractivity contribution is 9.10. The summed E-state index contributed by atoms with van der Waals surface area (Å²) >= 11 is 3.14. The van der Waals surface area contributed by atoms with Crippen LogP contribution in [0.3, 0.4) is 0 Å². The quantitative estimate of drug-likeness (QED) is 0.634. The second-order valence-electron chi connectivity index (χ2n) is 2.50. The average Bonchev–Trinajstić information content (AvgIpc) is 2.19. The predicted octanol–water partition coefficient (Wildman–Crippen LogP) is 1.36. The fraction of sp³-hybridized carbons (Fsp3) is 0.333. The molecule has 0 saturated carbocycles. The van der Waals surface area contributed by atoms with Crippen LogP contribution in [-0.4, -0.2) is 16.5 Å². The first kappa shape index (κ1) is 10.8. The molecule has 1 aromatic heterocycles. The zero-order valence-corrected chi connectivity index (χ0v) is 9.31. The van der Waals surface area contributed by atoms with Gasteiger partial charge in [-0.05, 0) is 22.9 Å². The number of nitrogens with zero attached hydrogens (tertiary/aromatic N) is 1. The largest absolute Gasteiger partial charge is 0.368 e. The number of aromatic amines is 1. The van der Waals surface area contributed by atoms with E-state index in [9.17, 15) is 4.79 Å². The van der Waals surface area contributed by atoms with Gasteiger partial charge in [-0.15, -0.1) is 11.8 Å². The number of hydrogen-bond acceptors (Lipinski definition) is 3. The minimum absolute atomic E-state index is 0.191. The van der Waals surface area contributed by atoms with Gasteiger partial charge in [-0.2, -0.15) is 0 Å². The van der Waals surface area contributed by atoms with Crippen LogP contribution in [0.15, 0.2) is 15.6 Å². The van der Waals surface area contributed by atoms with Gasteiger partial charge in [-0.25, -0.2) is 4.98 Å². The van der Waals surface area contributed by atoms with E-state index in [0.717, 1.165) is 6.42 Å². The molecule has 4 nitrogen and oxygen atoms in total. The second kappa shape index (κ2) is 5.45. The van der Waals surface area contributed by atoms with Gasteiger partial charge in [-0.1, -0.05) is 0 Å². The summed E-state index contributed by atoms with van der Waals surface area (Å²) in [5.41, 5.74) is -0.191. The van der Waals surface area contributed by atoms with Crippen molar-refractivity contribution in [2.24, 2.45) is 0 Å². The normalized spacial score (nSPS) is 9.00. The molecular formula is C9H10BrN3O. The van der Waals surface area contributed by atoms with Gasteiger partial charge in [0.05, 0.1) is 6.33 Å². The van der Waals surface area contributed by atoms with Crippen molar-refractivity contribution in [3.63, 3.8) is 0 Å². The Bertz CT molecular complexity index is 416. The predicted molar refractivity (Wildman–Crippen MR) is 59.1 cm³/mol. The van der Waals surface area contributed by atoms with Gasteiger partial charge in [0.1, 0.15) is 10.3 Å². The Morgan fingerprint density at radius 1 is 1.71 bits per heavy atom. The van der Waals surface area contributed by atoms with Gasteiger partial charge in [0.2, 0.25) is 0 Å². The molecule has 0 bridgehead atoms. The molecule has 0 unspecified atom stereocenters. The maximum absolute atomic E-state index is 11.1. The van der Waals surface area contributed by atoms with Gasteiger partial charge < -0.3 is 10.3 Å². The van der Waals surface area contributed by atoms with Gasteiger partial charge >= 0.3 is 0 Å². The summed E-state index contributed by atoms with van der Waals surface area (Å²) in [6.07, 6.45) is 2.10. The molecule has 0 fully saturated rings. The van der Waals surface area contributed by atoms with E-state index in [4.69, 9.17) is 0 Å². The zero-order chi connectivity index (χ0) is 10.4. The number of rotatable bonds is 3. The van der Waals surface area contributed by atoms with Gasteiger partial charge in [-0.3, -0.25) is 4.79 Å². The highest BCUT2D eigenvalue weighted by Gasteiger charge is 2.02. The van der Waals surface area contributed by atoms with E-state index in [1.807, 2.05) is 0 Å². The van der Waals surface area contributed by atoms with Gasteiger partial charge in [0, 0.05) is 13.0 Å². The molecule has 14 heavy (non-hydrogen) atoms. The van der Waals surface area contributed by atoms with Crippen molar-refractivity contribution in [1.82, 2.24) is 9.97 Å². The Hall–Kier alpha value is -1.28. The van der Waals surface area contributed by atoms with Crippen molar-refractivity contribution in [2.45, 2.75) is 13.3 Å². The maximum atomic E-state index is 11.1. The minimum Gasteiger partial charge on any atom is -0.368 e. The van der Waals surface area contributed by atoms with E-state index >= 15 is 0 Å². The third-order valence-corrected chi connectivity index (χ3v) is 2.25. The molecule has 0 radical (unpaired) electrons. The summed E-state index contributed by atoms with van der Waals surface area (Å²) in [4.78, 5) is 17.6. The molecule has 1 aromatic rings. The minimum atomic E-state index is -0.191. The third-order valence-electron chi connectivity index (χ3n) is 1.52. The Kier molecular flexibility index (Phi) is 4.20. The lowest BCUT2D eigenvalue weighted by molar-refractivity contribution is 1.03. The van der Waals surface area contributed by atoms with Crippen LogP contribution < -0.4 is 10.9 Å². The van der Waals surface area contributed by atoms with Crippen LogP contribution in [0.5, 0.6) is 0 Å². The molecule has 5 heteroatoms. The highest BCUT2D eigenvalue weighted by Crippen LogP contribution is 2.12. The molecule has 0 aliphatic heterocycles. The van der Waals surface area contributed by atoms with Crippen molar-refractivity contribution >= 4 is 21.7 Å². The van der Waals surface area contributed by atoms with Crippen molar-refractivity contribution in [3.05, 3.63) is 21.2 Å². The molecule has 0 aromatic carbocycles. The summed E-state index contributed by atoms with van der Waals surface area (Å²) in [6.45, 7) is 2.47. The lowest BCUT2D eigenvalue weighted by Crippen LogP contribution is -2.12. The van der Waals surface area contributed by atoms with Gasteiger partial charge in [0.25, 0.3) is 5.56 Å². The summed E-state index contributed by atoms with van der Waals surface area (Å²) in [5.74, 6) is 6.25. The molecule has 0 spiro atoms. The number of halogens is 1. The first-order valence-corrected chi connectivity index (χ1v) is 4.91. The Balaban J connectivity index is 2.62. The molecule has 1 heterocycles. The molecule has 74 valence electrons.